The molecule has 0 spiro atoms. The number of aliphatic imine (C=N–C) groups is 2. The summed E-state index contributed by atoms with van der Waals surface area (Å²) in [5.74, 6) is 0.708. The minimum Gasteiger partial charge on any atom is -0.310 e. The molecule has 0 radical (unpaired) electrons. The number of rotatable bonds is 2. The van der Waals surface area contributed by atoms with Gasteiger partial charge in [-0.3, -0.25) is 4.99 Å². The standard InChI is InChI=1S/C45H31N3S/c1-2-10-31(11-3-1)29-46-45-37-17-7-14-34(25-37)36-16-9-19-39(27-36)48(40-22-23-44-42(28-40)41-20-4-5-21-43(41)49-44)38-18-8-15-35(26-38)33-13-6-12-32(24-33)30-47-45/h1-29H,30H2. The highest BCUT2D eigenvalue weighted by molar-refractivity contribution is 7.25. The van der Waals surface area contributed by atoms with E-state index in [9.17, 15) is 0 Å². The molecule has 0 aliphatic carbocycles. The lowest BCUT2D eigenvalue weighted by molar-refractivity contribution is 1.06. The second kappa shape index (κ2) is 12.5. The van der Waals surface area contributed by atoms with E-state index in [4.69, 9.17) is 9.98 Å². The van der Waals surface area contributed by atoms with Gasteiger partial charge in [0.25, 0.3) is 0 Å². The van der Waals surface area contributed by atoms with Crippen LogP contribution in [0.15, 0.2) is 180 Å². The molecular weight excluding hydrogens is 615 g/mol. The molecule has 0 N–H and O–H groups in total. The van der Waals surface area contributed by atoms with Crippen molar-refractivity contribution in [2.45, 2.75) is 6.54 Å². The summed E-state index contributed by atoms with van der Waals surface area (Å²) in [6, 6.07) is 60.7. The predicted molar refractivity (Wildman–Crippen MR) is 209 cm³/mol. The second-order valence-electron chi connectivity index (χ2n) is 12.3. The third kappa shape index (κ3) is 5.73. The van der Waals surface area contributed by atoms with Crippen LogP contribution in [0, 0.1) is 0 Å². The molecule has 4 heteroatoms. The Labute approximate surface area is 289 Å². The summed E-state index contributed by atoms with van der Waals surface area (Å²) in [6.45, 7) is 0.523. The molecule has 1 aromatic heterocycles. The van der Waals surface area contributed by atoms with Gasteiger partial charge in [-0.2, -0.15) is 0 Å². The van der Waals surface area contributed by atoms with Gasteiger partial charge in [-0.05, 0) is 94.0 Å². The molecule has 0 amide bonds. The third-order valence-electron chi connectivity index (χ3n) is 9.09. The number of hydrogen-bond acceptors (Lipinski definition) is 4. The van der Waals surface area contributed by atoms with Crippen LogP contribution in [0.4, 0.5) is 17.1 Å². The first-order valence-electron chi connectivity index (χ1n) is 16.5. The number of hydrogen-bond donors (Lipinski definition) is 0. The Hall–Kier alpha value is -6.10. The number of benzene rings is 7. The number of amidine groups is 1. The number of anilines is 3. The van der Waals surface area contributed by atoms with Crippen molar-refractivity contribution in [1.82, 2.24) is 0 Å². The van der Waals surface area contributed by atoms with E-state index >= 15 is 0 Å². The minimum absolute atomic E-state index is 0.523. The zero-order valence-corrected chi connectivity index (χ0v) is 27.5. The monoisotopic (exact) mass is 645 g/mol. The molecule has 9 rings (SSSR count). The van der Waals surface area contributed by atoms with Crippen LogP contribution in [-0.2, 0) is 6.54 Å². The van der Waals surface area contributed by atoms with E-state index in [0.717, 1.165) is 56.0 Å². The fourth-order valence-electron chi connectivity index (χ4n) is 6.68. The molecule has 1 aliphatic heterocycles. The molecule has 0 atom stereocenters. The van der Waals surface area contributed by atoms with Crippen molar-refractivity contribution in [3.05, 3.63) is 187 Å². The van der Waals surface area contributed by atoms with Gasteiger partial charge in [-0.25, -0.2) is 4.99 Å². The molecule has 0 unspecified atom stereocenters. The minimum atomic E-state index is 0.523. The summed E-state index contributed by atoms with van der Waals surface area (Å²) in [5.41, 5.74) is 11.0. The molecule has 8 bridgehead atoms. The molecule has 49 heavy (non-hydrogen) atoms. The van der Waals surface area contributed by atoms with Gasteiger partial charge >= 0.3 is 0 Å². The first-order valence-corrected chi connectivity index (χ1v) is 17.3. The first-order chi connectivity index (χ1) is 24.2. The zero-order valence-electron chi connectivity index (χ0n) is 26.7. The Kier molecular flexibility index (Phi) is 7.41. The fraction of sp³-hybridized carbons (Fsp3) is 0.0222. The lowest BCUT2D eigenvalue weighted by atomic mass is 10.00. The van der Waals surface area contributed by atoms with Crippen LogP contribution in [0.3, 0.4) is 0 Å². The average molecular weight is 646 g/mol. The van der Waals surface area contributed by atoms with Crippen molar-refractivity contribution in [3.63, 3.8) is 0 Å². The third-order valence-corrected chi connectivity index (χ3v) is 10.2. The molecule has 8 aromatic rings. The van der Waals surface area contributed by atoms with E-state index in [1.165, 1.54) is 20.2 Å². The highest BCUT2D eigenvalue weighted by atomic mass is 32.1. The Morgan fingerprint density at radius 1 is 0.490 bits per heavy atom. The molecule has 0 saturated heterocycles. The molecule has 0 saturated carbocycles. The van der Waals surface area contributed by atoms with Crippen molar-refractivity contribution in [2.24, 2.45) is 9.98 Å². The SMILES string of the molecule is C(=NC1=NCc2cccc(c2)-c2cccc(c2)N(c2ccc3sc4ccccc4c3c2)c2cccc(c2)-c2cccc1c2)c1ccccc1. The van der Waals surface area contributed by atoms with Crippen LogP contribution in [0.5, 0.6) is 0 Å². The van der Waals surface area contributed by atoms with Crippen LogP contribution in [0.1, 0.15) is 16.7 Å². The molecule has 2 heterocycles. The van der Waals surface area contributed by atoms with Crippen molar-refractivity contribution in [2.75, 3.05) is 4.90 Å². The van der Waals surface area contributed by atoms with Crippen molar-refractivity contribution in [1.29, 1.82) is 0 Å². The maximum Gasteiger partial charge on any atom is 0.154 e. The van der Waals surface area contributed by atoms with Crippen LogP contribution >= 0.6 is 11.3 Å². The lowest BCUT2D eigenvalue weighted by Gasteiger charge is -2.27. The summed E-state index contributed by atoms with van der Waals surface area (Å²) >= 11 is 1.85. The van der Waals surface area contributed by atoms with Gasteiger partial charge < -0.3 is 4.90 Å². The summed E-state index contributed by atoms with van der Waals surface area (Å²) in [7, 11) is 0. The Bertz CT molecular complexity index is 2540. The fourth-order valence-corrected chi connectivity index (χ4v) is 7.77. The van der Waals surface area contributed by atoms with E-state index in [0.29, 0.717) is 12.4 Å². The van der Waals surface area contributed by atoms with E-state index in [-0.39, 0.29) is 0 Å². The molecule has 232 valence electrons. The van der Waals surface area contributed by atoms with E-state index in [1.807, 2.05) is 35.8 Å². The van der Waals surface area contributed by atoms with E-state index in [1.54, 1.807) is 0 Å². The number of fused-ring (bicyclic) bond motifs is 13. The van der Waals surface area contributed by atoms with Gasteiger partial charge in [-0.1, -0.05) is 109 Å². The van der Waals surface area contributed by atoms with Gasteiger partial charge in [0.2, 0.25) is 0 Å². The molecular formula is C45H31N3S. The molecule has 0 fully saturated rings. The summed E-state index contributed by atoms with van der Waals surface area (Å²) in [5, 5.41) is 2.57. The normalized spacial score (nSPS) is 12.8. The summed E-state index contributed by atoms with van der Waals surface area (Å²) < 4.78 is 2.60. The quantitative estimate of drug-likeness (QED) is 0.172. The second-order valence-corrected chi connectivity index (χ2v) is 13.4. The average Bonchev–Trinajstić information content (AvgIpc) is 3.54. The topological polar surface area (TPSA) is 28.0 Å². The Morgan fingerprint density at radius 3 is 1.90 bits per heavy atom. The lowest BCUT2D eigenvalue weighted by Crippen LogP contribution is -2.10. The first kappa shape index (κ1) is 29.1. The van der Waals surface area contributed by atoms with Crippen molar-refractivity contribution < 1.29 is 0 Å². The van der Waals surface area contributed by atoms with Gasteiger partial charge in [0.05, 0.1) is 6.54 Å². The largest absolute Gasteiger partial charge is 0.310 e. The van der Waals surface area contributed by atoms with Gasteiger partial charge in [0.15, 0.2) is 5.84 Å². The van der Waals surface area contributed by atoms with Gasteiger partial charge in [-0.15, -0.1) is 11.3 Å². The van der Waals surface area contributed by atoms with Crippen LogP contribution < -0.4 is 4.90 Å². The maximum absolute atomic E-state index is 5.08. The van der Waals surface area contributed by atoms with Crippen LogP contribution in [-0.4, -0.2) is 12.1 Å². The van der Waals surface area contributed by atoms with Crippen LogP contribution in [0.2, 0.25) is 0 Å². The Morgan fingerprint density at radius 2 is 1.10 bits per heavy atom. The zero-order chi connectivity index (χ0) is 32.6. The van der Waals surface area contributed by atoms with Crippen LogP contribution in [0.25, 0.3) is 42.4 Å². The smallest absolute Gasteiger partial charge is 0.154 e. The summed E-state index contributed by atoms with van der Waals surface area (Å²) in [4.78, 5) is 12.4. The molecule has 1 aliphatic rings. The predicted octanol–water partition coefficient (Wildman–Crippen LogP) is 12.2. The highest BCUT2D eigenvalue weighted by Crippen LogP contribution is 2.42. The molecule has 3 nitrogen and oxygen atoms in total. The number of thiophene rings is 1. The highest BCUT2D eigenvalue weighted by Gasteiger charge is 2.17. The Balaban J connectivity index is 1.25. The van der Waals surface area contributed by atoms with E-state index < -0.39 is 0 Å². The van der Waals surface area contributed by atoms with Gasteiger partial charge in [0, 0.05) is 49.0 Å². The number of nitrogens with zero attached hydrogens (tertiary/aromatic N) is 3. The van der Waals surface area contributed by atoms with Crippen molar-refractivity contribution >= 4 is 60.6 Å². The van der Waals surface area contributed by atoms with Gasteiger partial charge in [0.1, 0.15) is 0 Å². The van der Waals surface area contributed by atoms with Crippen molar-refractivity contribution in [3.8, 4) is 22.3 Å². The maximum atomic E-state index is 5.08. The van der Waals surface area contributed by atoms with E-state index in [2.05, 4.69) is 157 Å². The molecule has 7 aromatic carbocycles. The summed E-state index contributed by atoms with van der Waals surface area (Å²) in [6.07, 6.45) is 1.90.